The van der Waals surface area contributed by atoms with Gasteiger partial charge >= 0.3 is 0 Å². The van der Waals surface area contributed by atoms with Gasteiger partial charge in [-0.15, -0.1) is 11.3 Å². The van der Waals surface area contributed by atoms with Crippen LogP contribution in [0.15, 0.2) is 29.9 Å². The number of nitrogens with zero attached hydrogens (tertiary/aromatic N) is 2. The Labute approximate surface area is 92.4 Å². The highest BCUT2D eigenvalue weighted by atomic mass is 32.1. The van der Waals surface area contributed by atoms with Gasteiger partial charge in [-0.05, 0) is 11.4 Å². The number of hydrogen-bond donors (Lipinski definition) is 2. The van der Waals surface area contributed by atoms with Crippen LogP contribution in [0.4, 0.5) is 11.6 Å². The fourth-order valence-corrected chi connectivity index (χ4v) is 1.81. The summed E-state index contributed by atoms with van der Waals surface area (Å²) in [5.41, 5.74) is 0. The molecule has 5 heteroatoms. The Hall–Kier alpha value is -1.62. The van der Waals surface area contributed by atoms with Crippen LogP contribution < -0.4 is 10.6 Å². The van der Waals surface area contributed by atoms with Crippen LogP contribution >= 0.6 is 11.3 Å². The predicted octanol–water partition coefficient (Wildman–Crippen LogP) is 2.19. The Morgan fingerprint density at radius 1 is 1.33 bits per heavy atom. The summed E-state index contributed by atoms with van der Waals surface area (Å²) in [5.74, 6) is 1.56. The van der Waals surface area contributed by atoms with Crippen molar-refractivity contribution >= 4 is 23.0 Å². The second-order valence-corrected chi connectivity index (χ2v) is 4.00. The SMILES string of the molecule is CNc1cncc(NCc2cccs2)n1. The Balaban J connectivity index is 1.98. The molecule has 0 saturated heterocycles. The summed E-state index contributed by atoms with van der Waals surface area (Å²) in [6.07, 6.45) is 3.41. The number of aromatic nitrogens is 2. The van der Waals surface area contributed by atoms with Gasteiger partial charge in [0.2, 0.25) is 0 Å². The highest BCUT2D eigenvalue weighted by Crippen LogP contribution is 2.11. The fourth-order valence-electron chi connectivity index (χ4n) is 1.16. The third-order valence-corrected chi connectivity index (χ3v) is 2.79. The molecule has 2 N–H and O–H groups in total. The first-order chi connectivity index (χ1) is 7.38. The predicted molar refractivity (Wildman–Crippen MR) is 63.2 cm³/mol. The van der Waals surface area contributed by atoms with Crippen molar-refractivity contribution in [2.24, 2.45) is 0 Å². The molecule has 0 spiro atoms. The highest BCUT2D eigenvalue weighted by molar-refractivity contribution is 7.09. The molecule has 2 heterocycles. The molecule has 4 nitrogen and oxygen atoms in total. The number of thiophene rings is 1. The molecule has 0 fully saturated rings. The first-order valence-corrected chi connectivity index (χ1v) is 5.52. The van der Waals surface area contributed by atoms with E-state index in [1.807, 2.05) is 13.1 Å². The summed E-state index contributed by atoms with van der Waals surface area (Å²) in [6.45, 7) is 0.791. The second-order valence-electron chi connectivity index (χ2n) is 2.97. The molecule has 78 valence electrons. The molecule has 0 amide bonds. The van der Waals surface area contributed by atoms with E-state index in [0.717, 1.165) is 18.2 Å². The molecule has 15 heavy (non-hydrogen) atoms. The van der Waals surface area contributed by atoms with E-state index in [9.17, 15) is 0 Å². The molecule has 0 atom stereocenters. The summed E-state index contributed by atoms with van der Waals surface area (Å²) < 4.78 is 0. The van der Waals surface area contributed by atoms with Crippen molar-refractivity contribution < 1.29 is 0 Å². The zero-order valence-electron chi connectivity index (χ0n) is 8.40. The molecule has 2 rings (SSSR count). The van der Waals surface area contributed by atoms with E-state index in [2.05, 4.69) is 32.0 Å². The molecular weight excluding hydrogens is 208 g/mol. The minimum Gasteiger partial charge on any atom is -0.372 e. The van der Waals surface area contributed by atoms with E-state index in [4.69, 9.17) is 0 Å². The van der Waals surface area contributed by atoms with Crippen LogP contribution in [-0.4, -0.2) is 17.0 Å². The molecule has 0 aliphatic heterocycles. The molecule has 0 bridgehead atoms. The van der Waals surface area contributed by atoms with Gasteiger partial charge in [-0.2, -0.15) is 0 Å². The second kappa shape index (κ2) is 4.75. The number of hydrogen-bond acceptors (Lipinski definition) is 5. The normalized spacial score (nSPS) is 9.93. The first kappa shape index (κ1) is 9.92. The maximum absolute atomic E-state index is 4.31. The Kier molecular flexibility index (Phi) is 3.14. The summed E-state index contributed by atoms with van der Waals surface area (Å²) >= 11 is 1.73. The number of anilines is 2. The van der Waals surface area contributed by atoms with E-state index in [-0.39, 0.29) is 0 Å². The minimum absolute atomic E-state index is 0.770. The Bertz CT molecular complexity index is 413. The lowest BCUT2D eigenvalue weighted by Crippen LogP contribution is -2.02. The lowest BCUT2D eigenvalue weighted by Gasteiger charge is -2.04. The Morgan fingerprint density at radius 3 is 2.93 bits per heavy atom. The average molecular weight is 220 g/mol. The topological polar surface area (TPSA) is 49.8 Å². The summed E-state index contributed by atoms with van der Waals surface area (Å²) in [4.78, 5) is 9.67. The molecule has 0 aromatic carbocycles. The zero-order valence-corrected chi connectivity index (χ0v) is 9.21. The first-order valence-electron chi connectivity index (χ1n) is 4.64. The van der Waals surface area contributed by atoms with Gasteiger partial charge in [-0.3, -0.25) is 4.98 Å². The largest absolute Gasteiger partial charge is 0.372 e. The van der Waals surface area contributed by atoms with E-state index < -0.39 is 0 Å². The van der Waals surface area contributed by atoms with Crippen molar-refractivity contribution in [2.75, 3.05) is 17.7 Å². The van der Waals surface area contributed by atoms with Gasteiger partial charge in [-0.25, -0.2) is 4.98 Å². The molecule has 0 aliphatic rings. The highest BCUT2D eigenvalue weighted by Gasteiger charge is 1.97. The number of rotatable bonds is 4. The third kappa shape index (κ3) is 2.66. The maximum Gasteiger partial charge on any atom is 0.147 e. The zero-order chi connectivity index (χ0) is 10.5. The van der Waals surface area contributed by atoms with Gasteiger partial charge in [0.1, 0.15) is 11.6 Å². The monoisotopic (exact) mass is 220 g/mol. The van der Waals surface area contributed by atoms with Crippen LogP contribution in [0.25, 0.3) is 0 Å². The van der Waals surface area contributed by atoms with Gasteiger partial charge in [0.15, 0.2) is 0 Å². The quantitative estimate of drug-likeness (QED) is 0.829. The molecule has 0 radical (unpaired) electrons. The Morgan fingerprint density at radius 2 is 2.20 bits per heavy atom. The van der Waals surface area contributed by atoms with Crippen molar-refractivity contribution in [3.05, 3.63) is 34.8 Å². The van der Waals surface area contributed by atoms with Crippen LogP contribution in [0.1, 0.15) is 4.88 Å². The van der Waals surface area contributed by atoms with Crippen LogP contribution in [0.5, 0.6) is 0 Å². The average Bonchev–Trinajstić information content (AvgIpc) is 2.79. The van der Waals surface area contributed by atoms with Crippen LogP contribution in [0, 0.1) is 0 Å². The molecule has 0 aliphatic carbocycles. The van der Waals surface area contributed by atoms with Crippen molar-refractivity contribution in [2.45, 2.75) is 6.54 Å². The van der Waals surface area contributed by atoms with Crippen molar-refractivity contribution in [3.63, 3.8) is 0 Å². The van der Waals surface area contributed by atoms with Crippen molar-refractivity contribution in [1.29, 1.82) is 0 Å². The lowest BCUT2D eigenvalue weighted by molar-refractivity contribution is 1.10. The summed E-state index contributed by atoms with van der Waals surface area (Å²) in [6, 6.07) is 4.13. The number of nitrogens with one attached hydrogen (secondary N) is 2. The van der Waals surface area contributed by atoms with Crippen LogP contribution in [0.2, 0.25) is 0 Å². The molecular formula is C10H12N4S. The van der Waals surface area contributed by atoms with Gasteiger partial charge in [0, 0.05) is 11.9 Å². The van der Waals surface area contributed by atoms with Crippen molar-refractivity contribution in [1.82, 2.24) is 9.97 Å². The van der Waals surface area contributed by atoms with Gasteiger partial charge in [0.25, 0.3) is 0 Å². The summed E-state index contributed by atoms with van der Waals surface area (Å²) in [5, 5.41) is 8.23. The van der Waals surface area contributed by atoms with Crippen LogP contribution in [0.3, 0.4) is 0 Å². The minimum atomic E-state index is 0.770. The summed E-state index contributed by atoms with van der Waals surface area (Å²) in [7, 11) is 1.83. The fraction of sp³-hybridized carbons (Fsp3) is 0.200. The lowest BCUT2D eigenvalue weighted by atomic mass is 10.4. The van der Waals surface area contributed by atoms with Gasteiger partial charge in [0.05, 0.1) is 18.9 Å². The third-order valence-electron chi connectivity index (χ3n) is 1.91. The molecule has 2 aromatic rings. The van der Waals surface area contributed by atoms with E-state index in [1.54, 1.807) is 23.7 Å². The van der Waals surface area contributed by atoms with E-state index >= 15 is 0 Å². The molecule has 2 aromatic heterocycles. The van der Waals surface area contributed by atoms with Gasteiger partial charge < -0.3 is 10.6 Å². The van der Waals surface area contributed by atoms with E-state index in [1.165, 1.54) is 4.88 Å². The smallest absolute Gasteiger partial charge is 0.147 e. The van der Waals surface area contributed by atoms with E-state index in [0.29, 0.717) is 0 Å². The van der Waals surface area contributed by atoms with Crippen LogP contribution in [-0.2, 0) is 6.54 Å². The van der Waals surface area contributed by atoms with Crippen molar-refractivity contribution in [3.8, 4) is 0 Å². The molecule has 0 unspecified atom stereocenters. The van der Waals surface area contributed by atoms with Gasteiger partial charge in [-0.1, -0.05) is 6.07 Å². The molecule has 0 saturated carbocycles. The standard InChI is InChI=1S/C10H12N4S/c1-11-9-6-12-7-10(14-9)13-5-8-3-2-4-15-8/h2-4,6-7H,5H2,1H3,(H2,11,13,14). The maximum atomic E-state index is 4.31.